The molecule has 3 nitrogen and oxygen atoms in total. The number of nitrogens with one attached hydrogen (secondary N) is 1. The first-order chi connectivity index (χ1) is 9.84. The fourth-order valence-electron chi connectivity index (χ4n) is 3.86. The third-order valence-electron chi connectivity index (χ3n) is 4.55. The van der Waals surface area contributed by atoms with Crippen molar-refractivity contribution in [1.82, 2.24) is 9.88 Å². The zero-order chi connectivity index (χ0) is 15.3. The summed E-state index contributed by atoms with van der Waals surface area (Å²) in [7, 11) is 2.00. The Balaban J connectivity index is 2.13. The van der Waals surface area contributed by atoms with Crippen LogP contribution >= 0.6 is 0 Å². The van der Waals surface area contributed by atoms with Crippen molar-refractivity contribution in [2.75, 3.05) is 7.05 Å². The lowest BCUT2D eigenvalue weighted by Gasteiger charge is -2.29. The van der Waals surface area contributed by atoms with Crippen LogP contribution in [0, 0.1) is 0 Å². The molecular formula is C18H26N2O. The van der Waals surface area contributed by atoms with Crippen molar-refractivity contribution in [3.63, 3.8) is 0 Å². The molecule has 2 heterocycles. The fraction of sp³-hybridized carbons (Fsp3) is 0.556. The lowest BCUT2D eigenvalue weighted by atomic mass is 9.94. The molecule has 1 aromatic carbocycles. The Morgan fingerprint density at radius 3 is 2.62 bits per heavy atom. The quantitative estimate of drug-likeness (QED) is 0.926. The maximum absolute atomic E-state index is 6.28. The molecule has 1 aliphatic rings. The van der Waals surface area contributed by atoms with E-state index >= 15 is 0 Å². The molecule has 1 atom stereocenters. The van der Waals surface area contributed by atoms with Gasteiger partial charge < -0.3 is 14.6 Å². The molecular weight excluding hydrogens is 260 g/mol. The van der Waals surface area contributed by atoms with E-state index < -0.39 is 0 Å². The molecule has 1 aromatic heterocycles. The van der Waals surface area contributed by atoms with Crippen LogP contribution in [-0.4, -0.2) is 22.8 Å². The van der Waals surface area contributed by atoms with E-state index in [1.54, 1.807) is 0 Å². The highest BCUT2D eigenvalue weighted by atomic mass is 16.5. The standard InChI is InChI=1S/C18H26N2O/c1-17(2)11-15(18(3,4)21-17)20-10-9-13-7-6-8-14(12-19-5)16(13)20/h6-10,15,19H,11-12H2,1-5H3. The molecule has 114 valence electrons. The predicted octanol–water partition coefficient (Wildman–Crippen LogP) is 3.88. The van der Waals surface area contributed by atoms with Gasteiger partial charge in [0.05, 0.1) is 22.8 Å². The number of nitrogens with zero attached hydrogens (tertiary/aromatic N) is 1. The largest absolute Gasteiger partial charge is 0.367 e. The molecule has 0 aliphatic carbocycles. The number of ether oxygens (including phenoxy) is 1. The van der Waals surface area contributed by atoms with Crippen molar-refractivity contribution >= 4 is 10.9 Å². The van der Waals surface area contributed by atoms with Crippen molar-refractivity contribution in [2.24, 2.45) is 0 Å². The smallest absolute Gasteiger partial charge is 0.0841 e. The van der Waals surface area contributed by atoms with Crippen LogP contribution < -0.4 is 5.32 Å². The van der Waals surface area contributed by atoms with Crippen LogP contribution in [0.15, 0.2) is 30.5 Å². The maximum Gasteiger partial charge on any atom is 0.0841 e. The Morgan fingerprint density at radius 1 is 1.24 bits per heavy atom. The van der Waals surface area contributed by atoms with E-state index in [-0.39, 0.29) is 11.2 Å². The summed E-state index contributed by atoms with van der Waals surface area (Å²) in [5.41, 5.74) is 2.47. The third-order valence-corrected chi connectivity index (χ3v) is 4.55. The van der Waals surface area contributed by atoms with E-state index in [0.29, 0.717) is 6.04 Å². The van der Waals surface area contributed by atoms with E-state index in [9.17, 15) is 0 Å². The van der Waals surface area contributed by atoms with Crippen LogP contribution in [-0.2, 0) is 11.3 Å². The normalized spacial score (nSPS) is 23.8. The topological polar surface area (TPSA) is 26.2 Å². The zero-order valence-electron chi connectivity index (χ0n) is 13.7. The Hall–Kier alpha value is -1.32. The van der Waals surface area contributed by atoms with Gasteiger partial charge in [-0.3, -0.25) is 0 Å². The maximum atomic E-state index is 6.28. The molecule has 0 saturated carbocycles. The fourth-order valence-corrected chi connectivity index (χ4v) is 3.86. The summed E-state index contributed by atoms with van der Waals surface area (Å²) in [5, 5.41) is 4.58. The van der Waals surface area contributed by atoms with Gasteiger partial charge in [0, 0.05) is 12.7 Å². The molecule has 0 amide bonds. The first kappa shape index (κ1) is 14.6. The average molecular weight is 286 g/mol. The molecule has 1 aliphatic heterocycles. The number of rotatable bonds is 3. The second kappa shape index (κ2) is 4.85. The Bertz CT molecular complexity index is 654. The van der Waals surface area contributed by atoms with Crippen LogP contribution in [0.4, 0.5) is 0 Å². The lowest BCUT2D eigenvalue weighted by Crippen LogP contribution is -2.31. The molecule has 21 heavy (non-hydrogen) atoms. The summed E-state index contributed by atoms with van der Waals surface area (Å²) in [6.45, 7) is 9.68. The minimum Gasteiger partial charge on any atom is -0.367 e. The SMILES string of the molecule is CNCc1cccc2ccn(C3CC(C)(C)OC3(C)C)c12. The second-order valence-electron chi connectivity index (χ2n) is 7.29. The molecule has 0 radical (unpaired) electrons. The number of fused-ring (bicyclic) bond motifs is 1. The average Bonchev–Trinajstić information content (AvgIpc) is 2.88. The molecule has 1 saturated heterocycles. The van der Waals surface area contributed by atoms with Gasteiger partial charge in [-0.05, 0) is 58.2 Å². The second-order valence-corrected chi connectivity index (χ2v) is 7.29. The van der Waals surface area contributed by atoms with Gasteiger partial charge in [-0.1, -0.05) is 18.2 Å². The minimum atomic E-state index is -0.151. The highest BCUT2D eigenvalue weighted by molar-refractivity contribution is 5.83. The summed E-state index contributed by atoms with van der Waals surface area (Å²) in [6.07, 6.45) is 3.26. The van der Waals surface area contributed by atoms with Crippen molar-refractivity contribution in [2.45, 2.75) is 57.9 Å². The Labute approximate surface area is 127 Å². The number of aromatic nitrogens is 1. The first-order valence-electron chi connectivity index (χ1n) is 7.77. The van der Waals surface area contributed by atoms with Gasteiger partial charge in [-0.25, -0.2) is 0 Å². The van der Waals surface area contributed by atoms with Gasteiger partial charge in [-0.2, -0.15) is 0 Å². The molecule has 3 rings (SSSR count). The van der Waals surface area contributed by atoms with Crippen LogP contribution in [0.2, 0.25) is 0 Å². The minimum absolute atomic E-state index is 0.0668. The van der Waals surface area contributed by atoms with Crippen LogP contribution in [0.25, 0.3) is 10.9 Å². The van der Waals surface area contributed by atoms with Gasteiger partial charge in [0.25, 0.3) is 0 Å². The van der Waals surface area contributed by atoms with E-state index in [0.717, 1.165) is 13.0 Å². The van der Waals surface area contributed by atoms with Gasteiger partial charge in [-0.15, -0.1) is 0 Å². The molecule has 1 unspecified atom stereocenters. The van der Waals surface area contributed by atoms with Gasteiger partial charge >= 0.3 is 0 Å². The predicted molar refractivity (Wildman–Crippen MR) is 87.6 cm³/mol. The summed E-state index contributed by atoms with van der Waals surface area (Å²) >= 11 is 0. The number of hydrogen-bond acceptors (Lipinski definition) is 2. The van der Waals surface area contributed by atoms with Gasteiger partial charge in [0.2, 0.25) is 0 Å². The number of para-hydroxylation sites is 1. The third kappa shape index (κ3) is 2.49. The van der Waals surface area contributed by atoms with Crippen molar-refractivity contribution in [3.8, 4) is 0 Å². The first-order valence-corrected chi connectivity index (χ1v) is 7.77. The number of hydrogen-bond donors (Lipinski definition) is 1. The van der Waals surface area contributed by atoms with Crippen LogP contribution in [0.5, 0.6) is 0 Å². The highest BCUT2D eigenvalue weighted by Gasteiger charge is 2.47. The molecule has 1 N–H and O–H groups in total. The van der Waals surface area contributed by atoms with Gasteiger partial charge in [0.1, 0.15) is 0 Å². The van der Waals surface area contributed by atoms with Crippen LogP contribution in [0.1, 0.15) is 45.7 Å². The number of benzene rings is 1. The summed E-state index contributed by atoms with van der Waals surface area (Å²) < 4.78 is 8.71. The van der Waals surface area contributed by atoms with E-state index in [1.165, 1.54) is 16.5 Å². The lowest BCUT2D eigenvalue weighted by molar-refractivity contribution is -0.0726. The molecule has 0 bridgehead atoms. The summed E-state index contributed by atoms with van der Waals surface area (Å²) in [6, 6.07) is 9.13. The molecule has 1 fully saturated rings. The monoisotopic (exact) mass is 286 g/mol. The van der Waals surface area contributed by atoms with Crippen molar-refractivity contribution in [3.05, 3.63) is 36.0 Å². The summed E-state index contributed by atoms with van der Waals surface area (Å²) in [5.74, 6) is 0. The molecule has 2 aromatic rings. The zero-order valence-corrected chi connectivity index (χ0v) is 13.7. The molecule has 3 heteroatoms. The van der Waals surface area contributed by atoms with E-state index in [1.807, 2.05) is 7.05 Å². The van der Waals surface area contributed by atoms with Crippen molar-refractivity contribution in [1.29, 1.82) is 0 Å². The van der Waals surface area contributed by atoms with E-state index in [4.69, 9.17) is 4.74 Å². The molecule has 0 spiro atoms. The van der Waals surface area contributed by atoms with Crippen LogP contribution in [0.3, 0.4) is 0 Å². The van der Waals surface area contributed by atoms with Gasteiger partial charge in [0.15, 0.2) is 0 Å². The summed E-state index contributed by atoms with van der Waals surface area (Å²) in [4.78, 5) is 0. The Kier molecular flexibility index (Phi) is 3.38. The van der Waals surface area contributed by atoms with Crippen molar-refractivity contribution < 1.29 is 4.74 Å². The van der Waals surface area contributed by atoms with E-state index in [2.05, 4.69) is 68.0 Å². The highest BCUT2D eigenvalue weighted by Crippen LogP contribution is 2.46. The Morgan fingerprint density at radius 2 is 2.00 bits per heavy atom.